The van der Waals surface area contributed by atoms with E-state index in [0.717, 1.165) is 35.7 Å². The first-order chi connectivity index (χ1) is 13.7. The summed E-state index contributed by atoms with van der Waals surface area (Å²) in [6.07, 6.45) is 4.31. The summed E-state index contributed by atoms with van der Waals surface area (Å²) in [6, 6.07) is 22.7. The molecule has 3 aromatic carbocycles. The van der Waals surface area contributed by atoms with Crippen molar-refractivity contribution in [2.75, 3.05) is 0 Å². The highest BCUT2D eigenvalue weighted by molar-refractivity contribution is 6.07. The molecule has 0 fully saturated rings. The predicted molar refractivity (Wildman–Crippen MR) is 111 cm³/mol. The van der Waals surface area contributed by atoms with Gasteiger partial charge in [0.1, 0.15) is 6.20 Å². The van der Waals surface area contributed by atoms with Gasteiger partial charge in [-0.3, -0.25) is 4.79 Å². The van der Waals surface area contributed by atoms with Gasteiger partial charge in [-0.15, -0.1) is 0 Å². The summed E-state index contributed by atoms with van der Waals surface area (Å²) in [4.78, 5) is 13.2. The van der Waals surface area contributed by atoms with Crippen LogP contribution >= 0.6 is 0 Å². The van der Waals surface area contributed by atoms with Crippen LogP contribution in [0.3, 0.4) is 0 Å². The minimum atomic E-state index is 0. The lowest BCUT2D eigenvalue weighted by atomic mass is 10.0. The number of ketones is 1. The van der Waals surface area contributed by atoms with Gasteiger partial charge in [0.15, 0.2) is 12.2 Å². The number of aryl methyl sites for hydroxylation is 1. The first-order valence-corrected chi connectivity index (χ1v) is 9.90. The van der Waals surface area contributed by atoms with E-state index in [4.69, 9.17) is 0 Å². The Kier molecular flexibility index (Phi) is 5.37. The van der Waals surface area contributed by atoms with Gasteiger partial charge in [-0.25, -0.2) is 9.13 Å². The molecule has 0 bridgehead atoms. The van der Waals surface area contributed by atoms with Gasteiger partial charge >= 0.3 is 0 Å². The number of carbonyl (C=O) groups excluding carboxylic acids is 1. The number of imidazole rings is 1. The zero-order valence-electron chi connectivity index (χ0n) is 16.4. The van der Waals surface area contributed by atoms with Gasteiger partial charge in [-0.05, 0) is 24.1 Å². The third-order valence-corrected chi connectivity index (χ3v) is 5.75. The predicted octanol–water partition coefficient (Wildman–Crippen LogP) is 1.74. The molecular weight excluding hydrogens is 424 g/mol. The molecule has 0 radical (unpaired) electrons. The van der Waals surface area contributed by atoms with Crippen LogP contribution in [0.15, 0.2) is 72.9 Å². The Balaban J connectivity index is 0.00000205. The van der Waals surface area contributed by atoms with Crippen molar-refractivity contribution in [1.29, 1.82) is 0 Å². The van der Waals surface area contributed by atoms with Gasteiger partial charge in [0, 0.05) is 11.1 Å². The summed E-state index contributed by atoms with van der Waals surface area (Å²) in [7, 11) is 0. The molecule has 4 aromatic rings. The molecule has 2 heterocycles. The lowest BCUT2D eigenvalue weighted by Gasteiger charge is -2.05. The molecule has 3 nitrogen and oxygen atoms in total. The topological polar surface area (TPSA) is 25.9 Å². The Labute approximate surface area is 181 Å². The van der Waals surface area contributed by atoms with Crippen LogP contribution in [0, 0.1) is 6.92 Å². The molecule has 0 N–H and O–H groups in total. The van der Waals surface area contributed by atoms with Crippen molar-refractivity contribution in [3.8, 4) is 11.3 Å². The fourth-order valence-electron chi connectivity index (χ4n) is 4.31. The number of Topliss-reactive ketones (excluding diaryl/α,β-unsaturated/α-hetero) is 1. The van der Waals surface area contributed by atoms with Gasteiger partial charge in [0.25, 0.3) is 5.82 Å². The van der Waals surface area contributed by atoms with Crippen molar-refractivity contribution in [3.05, 3.63) is 89.9 Å². The number of nitrogens with zero attached hydrogens (tertiary/aromatic N) is 2. The van der Waals surface area contributed by atoms with Gasteiger partial charge in [-0.1, -0.05) is 72.3 Å². The smallest absolute Gasteiger partial charge is 0.257 e. The zero-order chi connectivity index (χ0) is 19.1. The van der Waals surface area contributed by atoms with E-state index in [1.807, 2.05) is 30.3 Å². The number of benzene rings is 3. The maximum atomic E-state index is 13.2. The van der Waals surface area contributed by atoms with Crippen LogP contribution < -0.4 is 21.5 Å². The molecule has 29 heavy (non-hydrogen) atoms. The molecule has 5 rings (SSSR count). The van der Waals surface area contributed by atoms with E-state index < -0.39 is 0 Å². The van der Waals surface area contributed by atoms with Gasteiger partial charge < -0.3 is 17.0 Å². The van der Waals surface area contributed by atoms with Gasteiger partial charge in [0.05, 0.1) is 13.0 Å². The van der Waals surface area contributed by atoms with Crippen LogP contribution in [0.4, 0.5) is 0 Å². The number of fused-ring (bicyclic) bond motifs is 2. The second-order valence-electron chi connectivity index (χ2n) is 7.63. The number of aromatic nitrogens is 2. The molecule has 1 aliphatic rings. The van der Waals surface area contributed by atoms with E-state index in [1.165, 1.54) is 22.6 Å². The van der Waals surface area contributed by atoms with E-state index in [1.54, 1.807) is 0 Å². The Morgan fingerprint density at radius 2 is 1.76 bits per heavy atom. The first kappa shape index (κ1) is 19.6. The average molecular weight is 447 g/mol. The average Bonchev–Trinajstić information content (AvgIpc) is 3.32. The van der Waals surface area contributed by atoms with Crippen LogP contribution in [-0.4, -0.2) is 10.4 Å². The molecule has 1 aliphatic heterocycles. The van der Waals surface area contributed by atoms with E-state index in [9.17, 15) is 4.79 Å². The fourth-order valence-corrected chi connectivity index (χ4v) is 4.31. The maximum absolute atomic E-state index is 13.2. The van der Waals surface area contributed by atoms with Crippen molar-refractivity contribution in [1.82, 2.24) is 4.57 Å². The standard InChI is InChI=1S/C25H23N2O.BrH/c1-18-11-13-20(14-12-18)23-16-26(25-10-5-15-27(23)25)17-24(28)22-9-4-7-19-6-2-3-8-21(19)22;/h2-4,6-9,11-14,16H,5,10,15,17H2,1H3;1H/q+1;/p-1. The Morgan fingerprint density at radius 3 is 2.59 bits per heavy atom. The largest absolute Gasteiger partial charge is 1.00 e. The summed E-state index contributed by atoms with van der Waals surface area (Å²) in [6.45, 7) is 3.51. The molecule has 1 aromatic heterocycles. The van der Waals surface area contributed by atoms with E-state index in [-0.39, 0.29) is 22.8 Å². The van der Waals surface area contributed by atoms with Crippen LogP contribution in [0.5, 0.6) is 0 Å². The van der Waals surface area contributed by atoms with Crippen molar-refractivity contribution in [2.45, 2.75) is 32.9 Å². The Bertz CT molecular complexity index is 1190. The number of hydrogen-bond acceptors (Lipinski definition) is 1. The third kappa shape index (κ3) is 3.53. The number of rotatable bonds is 4. The molecule has 4 heteroatoms. The molecule has 0 aliphatic carbocycles. The third-order valence-electron chi connectivity index (χ3n) is 5.75. The van der Waals surface area contributed by atoms with Crippen LogP contribution in [0.25, 0.3) is 22.0 Å². The lowest BCUT2D eigenvalue weighted by molar-refractivity contribution is -0.689. The first-order valence-electron chi connectivity index (χ1n) is 9.90. The van der Waals surface area contributed by atoms with Crippen LogP contribution in [0.1, 0.15) is 28.2 Å². The van der Waals surface area contributed by atoms with Crippen LogP contribution in [0.2, 0.25) is 0 Å². The van der Waals surface area contributed by atoms with E-state index >= 15 is 0 Å². The van der Waals surface area contributed by atoms with Crippen molar-refractivity contribution in [2.24, 2.45) is 0 Å². The minimum absolute atomic E-state index is 0. The highest BCUT2D eigenvalue weighted by atomic mass is 79.9. The highest BCUT2D eigenvalue weighted by Gasteiger charge is 2.30. The molecule has 0 unspecified atom stereocenters. The molecular formula is C25H23BrN2O. The normalized spacial score (nSPS) is 12.6. The van der Waals surface area contributed by atoms with Crippen LogP contribution in [-0.2, 0) is 19.5 Å². The fraction of sp³-hybridized carbons (Fsp3) is 0.200. The number of halogens is 1. The monoisotopic (exact) mass is 446 g/mol. The van der Waals surface area contributed by atoms with Gasteiger partial charge in [0.2, 0.25) is 5.78 Å². The lowest BCUT2D eigenvalue weighted by Crippen LogP contribution is -3.00. The number of hydrogen-bond donors (Lipinski definition) is 0. The van der Waals surface area contributed by atoms with E-state index in [2.05, 4.69) is 58.7 Å². The van der Waals surface area contributed by atoms with Crippen molar-refractivity contribution >= 4 is 16.6 Å². The molecule has 0 spiro atoms. The van der Waals surface area contributed by atoms with Crippen molar-refractivity contribution < 1.29 is 26.3 Å². The molecule has 146 valence electrons. The Morgan fingerprint density at radius 1 is 1.00 bits per heavy atom. The van der Waals surface area contributed by atoms with E-state index in [0.29, 0.717) is 6.54 Å². The SMILES string of the molecule is Cc1ccc(-c2c[n+](CC(=O)c3cccc4ccccc34)c3n2CCC3)cc1.[Br-]. The quantitative estimate of drug-likeness (QED) is 0.346. The second kappa shape index (κ2) is 7.96. The molecule has 0 atom stereocenters. The maximum Gasteiger partial charge on any atom is 0.257 e. The summed E-state index contributed by atoms with van der Waals surface area (Å²) in [5.41, 5.74) is 4.49. The summed E-state index contributed by atoms with van der Waals surface area (Å²) in [5.74, 6) is 1.42. The molecule has 0 saturated carbocycles. The number of carbonyl (C=O) groups is 1. The molecule has 0 amide bonds. The Hall–Kier alpha value is -2.72. The van der Waals surface area contributed by atoms with Gasteiger partial charge in [-0.2, -0.15) is 0 Å². The van der Waals surface area contributed by atoms with Crippen molar-refractivity contribution in [3.63, 3.8) is 0 Å². The summed E-state index contributed by atoms with van der Waals surface area (Å²) in [5, 5.41) is 2.14. The minimum Gasteiger partial charge on any atom is -1.00 e. The zero-order valence-corrected chi connectivity index (χ0v) is 18.0. The molecule has 0 saturated heterocycles. The highest BCUT2D eigenvalue weighted by Crippen LogP contribution is 2.25. The summed E-state index contributed by atoms with van der Waals surface area (Å²) < 4.78 is 4.54. The second-order valence-corrected chi connectivity index (χ2v) is 7.63. The summed E-state index contributed by atoms with van der Waals surface area (Å²) >= 11 is 0.